The number of carbonyl (C=O) groups excluding carboxylic acids is 2. The van der Waals surface area contributed by atoms with Gasteiger partial charge in [-0.2, -0.15) is 0 Å². The number of para-hydroxylation sites is 1. The lowest BCUT2D eigenvalue weighted by Crippen LogP contribution is -2.34. The van der Waals surface area contributed by atoms with Crippen LogP contribution in [-0.2, 0) is 4.79 Å². The van der Waals surface area contributed by atoms with E-state index < -0.39 is 5.91 Å². The van der Waals surface area contributed by atoms with Gasteiger partial charge in [-0.15, -0.1) is 0 Å². The summed E-state index contributed by atoms with van der Waals surface area (Å²) in [5.41, 5.74) is 1.70. The number of benzene rings is 2. The Hall–Kier alpha value is -3.39. The summed E-state index contributed by atoms with van der Waals surface area (Å²) in [6, 6.07) is 12.2. The molecule has 0 aliphatic heterocycles. The van der Waals surface area contributed by atoms with Gasteiger partial charge in [0.15, 0.2) is 16.6 Å². The third-order valence-corrected chi connectivity index (χ3v) is 4.12. The van der Waals surface area contributed by atoms with E-state index in [4.69, 9.17) is 21.7 Å². The van der Waals surface area contributed by atoms with Gasteiger partial charge in [-0.1, -0.05) is 18.2 Å². The van der Waals surface area contributed by atoms with Crippen LogP contribution in [-0.4, -0.2) is 37.2 Å². The molecule has 0 unspecified atom stereocenters. The second-order valence-corrected chi connectivity index (χ2v) is 6.97. The number of amides is 2. The molecule has 0 fully saturated rings. The highest BCUT2D eigenvalue weighted by molar-refractivity contribution is 7.80. The summed E-state index contributed by atoms with van der Waals surface area (Å²) in [5.74, 6) is 0.528. The zero-order valence-corrected chi connectivity index (χ0v) is 18.1. The summed E-state index contributed by atoms with van der Waals surface area (Å²) in [7, 11) is 3.10. The van der Waals surface area contributed by atoms with Crippen molar-refractivity contribution in [3.63, 3.8) is 0 Å². The lowest BCUT2D eigenvalue weighted by Gasteiger charge is -2.14. The Bertz CT molecular complexity index is 957. The number of carbonyl (C=O) groups is 2. The fraction of sp³-hybridized carbons (Fsp3) is 0.227. The van der Waals surface area contributed by atoms with Crippen LogP contribution in [0, 0.1) is 0 Å². The third kappa shape index (κ3) is 6.59. The Kier molecular flexibility index (Phi) is 8.37. The second kappa shape index (κ2) is 11.0. The molecule has 0 radical (unpaired) electrons. The van der Waals surface area contributed by atoms with Gasteiger partial charge in [0.05, 0.1) is 25.5 Å². The topological polar surface area (TPSA) is 88.7 Å². The number of hydrogen-bond donors (Lipinski definition) is 3. The first-order valence-corrected chi connectivity index (χ1v) is 9.66. The van der Waals surface area contributed by atoms with E-state index in [1.807, 2.05) is 13.8 Å². The van der Waals surface area contributed by atoms with Crippen molar-refractivity contribution in [2.24, 2.45) is 0 Å². The number of thiocarbonyl (C=S) groups is 1. The standard InChI is InChI=1S/C22H25N3O4S/c1-14(2)23-21(27)16-7-5-6-8-17(16)24-22(30)25-20(26)12-10-15-9-11-18(28-3)19(13-15)29-4/h5-14H,1-4H3,(H,23,27)(H2,24,25,26,30)/b12-10+. The first-order valence-electron chi connectivity index (χ1n) is 9.26. The Morgan fingerprint density at radius 3 is 2.40 bits per heavy atom. The number of anilines is 1. The van der Waals surface area contributed by atoms with Crippen molar-refractivity contribution >= 4 is 40.9 Å². The van der Waals surface area contributed by atoms with E-state index in [2.05, 4.69) is 16.0 Å². The van der Waals surface area contributed by atoms with E-state index in [0.717, 1.165) is 5.56 Å². The maximum atomic E-state index is 12.3. The van der Waals surface area contributed by atoms with Crippen molar-refractivity contribution in [2.75, 3.05) is 19.5 Å². The van der Waals surface area contributed by atoms with Crippen LogP contribution in [0.2, 0.25) is 0 Å². The van der Waals surface area contributed by atoms with Crippen molar-refractivity contribution in [1.82, 2.24) is 10.6 Å². The van der Waals surface area contributed by atoms with Crippen molar-refractivity contribution in [3.8, 4) is 11.5 Å². The Balaban J connectivity index is 2.01. The number of nitrogens with one attached hydrogen (secondary N) is 3. The summed E-state index contributed by atoms with van der Waals surface area (Å²) in [6.45, 7) is 3.76. The molecule has 3 N–H and O–H groups in total. The molecule has 0 aliphatic rings. The molecule has 8 heteroatoms. The molecular weight excluding hydrogens is 402 g/mol. The highest BCUT2D eigenvalue weighted by Crippen LogP contribution is 2.27. The highest BCUT2D eigenvalue weighted by Gasteiger charge is 2.13. The van der Waals surface area contributed by atoms with E-state index in [1.54, 1.807) is 62.8 Å². The zero-order valence-electron chi connectivity index (χ0n) is 17.3. The molecule has 0 bridgehead atoms. The molecule has 7 nitrogen and oxygen atoms in total. The molecule has 30 heavy (non-hydrogen) atoms. The molecule has 0 spiro atoms. The summed E-state index contributed by atoms with van der Waals surface area (Å²) in [6.07, 6.45) is 2.98. The van der Waals surface area contributed by atoms with E-state index in [9.17, 15) is 9.59 Å². The Morgan fingerprint density at radius 2 is 1.73 bits per heavy atom. The maximum Gasteiger partial charge on any atom is 0.253 e. The molecule has 2 rings (SSSR count). The second-order valence-electron chi connectivity index (χ2n) is 6.56. The van der Waals surface area contributed by atoms with Gasteiger partial charge in [-0.3, -0.25) is 14.9 Å². The average Bonchev–Trinajstić information content (AvgIpc) is 2.71. The summed E-state index contributed by atoms with van der Waals surface area (Å²) >= 11 is 5.20. The lowest BCUT2D eigenvalue weighted by molar-refractivity contribution is -0.115. The Morgan fingerprint density at radius 1 is 1.03 bits per heavy atom. The summed E-state index contributed by atoms with van der Waals surface area (Å²) < 4.78 is 10.4. The largest absolute Gasteiger partial charge is 0.493 e. The highest BCUT2D eigenvalue weighted by atomic mass is 32.1. The van der Waals surface area contributed by atoms with Crippen molar-refractivity contribution in [2.45, 2.75) is 19.9 Å². The summed E-state index contributed by atoms with van der Waals surface area (Å²) in [4.78, 5) is 24.5. The molecule has 2 aromatic carbocycles. The first kappa shape index (κ1) is 22.9. The van der Waals surface area contributed by atoms with E-state index in [0.29, 0.717) is 22.7 Å². The number of ether oxygens (including phenoxy) is 2. The predicted octanol–water partition coefficient (Wildman–Crippen LogP) is 3.37. The molecule has 0 saturated carbocycles. The minimum atomic E-state index is -0.411. The van der Waals surface area contributed by atoms with Gasteiger partial charge in [0, 0.05) is 12.1 Å². The van der Waals surface area contributed by atoms with Crippen LogP contribution in [0.1, 0.15) is 29.8 Å². The average molecular weight is 428 g/mol. The van der Waals surface area contributed by atoms with Gasteiger partial charge in [-0.05, 0) is 62.0 Å². The normalized spacial score (nSPS) is 10.6. The number of methoxy groups -OCH3 is 2. The first-order chi connectivity index (χ1) is 14.3. The Labute approximate surface area is 181 Å². The monoisotopic (exact) mass is 427 g/mol. The van der Waals surface area contributed by atoms with Crippen LogP contribution in [0.15, 0.2) is 48.5 Å². The van der Waals surface area contributed by atoms with Gasteiger partial charge in [0.2, 0.25) is 5.91 Å². The van der Waals surface area contributed by atoms with Crippen LogP contribution in [0.3, 0.4) is 0 Å². The molecule has 2 aromatic rings. The fourth-order valence-corrected chi connectivity index (χ4v) is 2.78. The van der Waals surface area contributed by atoms with Crippen molar-refractivity contribution < 1.29 is 19.1 Å². The molecule has 0 heterocycles. The van der Waals surface area contributed by atoms with Gasteiger partial charge in [0.25, 0.3) is 5.91 Å². The van der Waals surface area contributed by atoms with E-state index in [1.165, 1.54) is 6.08 Å². The van der Waals surface area contributed by atoms with Crippen molar-refractivity contribution in [3.05, 3.63) is 59.7 Å². The number of rotatable bonds is 7. The van der Waals surface area contributed by atoms with E-state index in [-0.39, 0.29) is 17.1 Å². The molecule has 158 valence electrons. The SMILES string of the molecule is COc1ccc(/C=C/C(=O)NC(=S)Nc2ccccc2C(=O)NC(C)C)cc1OC. The smallest absolute Gasteiger partial charge is 0.253 e. The van der Waals surface area contributed by atoms with Crippen LogP contribution in [0.5, 0.6) is 11.5 Å². The van der Waals surface area contributed by atoms with Crippen LogP contribution in [0.25, 0.3) is 6.08 Å². The molecule has 0 atom stereocenters. The van der Waals surface area contributed by atoms with Crippen molar-refractivity contribution in [1.29, 1.82) is 0 Å². The number of hydrogen-bond acceptors (Lipinski definition) is 5. The van der Waals surface area contributed by atoms with E-state index >= 15 is 0 Å². The molecule has 2 amide bonds. The van der Waals surface area contributed by atoms with Crippen LogP contribution < -0.4 is 25.4 Å². The van der Waals surface area contributed by atoms with Crippen LogP contribution >= 0.6 is 12.2 Å². The minimum Gasteiger partial charge on any atom is -0.493 e. The fourth-order valence-electron chi connectivity index (χ4n) is 2.57. The summed E-state index contributed by atoms with van der Waals surface area (Å²) in [5, 5.41) is 8.37. The van der Waals surface area contributed by atoms with Gasteiger partial charge in [0.1, 0.15) is 0 Å². The van der Waals surface area contributed by atoms with Gasteiger partial charge in [-0.25, -0.2) is 0 Å². The molecule has 0 aromatic heterocycles. The minimum absolute atomic E-state index is 0.000994. The van der Waals surface area contributed by atoms with Gasteiger partial charge >= 0.3 is 0 Å². The van der Waals surface area contributed by atoms with Gasteiger partial charge < -0.3 is 20.1 Å². The molecule has 0 aliphatic carbocycles. The molecular formula is C22H25N3O4S. The predicted molar refractivity (Wildman–Crippen MR) is 122 cm³/mol. The van der Waals surface area contributed by atoms with Crippen LogP contribution in [0.4, 0.5) is 5.69 Å². The quantitative estimate of drug-likeness (QED) is 0.464. The maximum absolute atomic E-state index is 12.3. The third-order valence-electron chi connectivity index (χ3n) is 3.91. The lowest BCUT2D eigenvalue weighted by atomic mass is 10.1. The molecule has 0 saturated heterocycles. The zero-order chi connectivity index (χ0) is 22.1.